The largest absolute Gasteiger partial charge is 0.243 e. The van der Waals surface area contributed by atoms with Crippen LogP contribution in [0.1, 0.15) is 26.7 Å². The highest BCUT2D eigenvalue weighted by Gasteiger charge is 2.34. The van der Waals surface area contributed by atoms with Crippen molar-refractivity contribution >= 4 is 26.0 Å². The zero-order valence-electron chi connectivity index (χ0n) is 11.0. The number of rotatable bonds is 2. The smallest absolute Gasteiger partial charge is 0.207 e. The lowest BCUT2D eigenvalue weighted by atomic mass is 9.85. The third-order valence-corrected chi connectivity index (χ3v) is 5.88. The predicted molar refractivity (Wildman–Crippen MR) is 75.9 cm³/mol. The molecule has 1 aliphatic rings. The van der Waals surface area contributed by atoms with Crippen molar-refractivity contribution in [3.8, 4) is 0 Å². The Morgan fingerprint density at radius 3 is 2.63 bits per heavy atom. The molecule has 1 aliphatic heterocycles. The molecule has 0 bridgehead atoms. The van der Waals surface area contributed by atoms with Crippen molar-refractivity contribution in [3.63, 3.8) is 0 Å². The van der Waals surface area contributed by atoms with Crippen LogP contribution in [0.3, 0.4) is 0 Å². The van der Waals surface area contributed by atoms with Crippen LogP contribution in [0, 0.1) is 11.2 Å². The van der Waals surface area contributed by atoms with Gasteiger partial charge < -0.3 is 0 Å². The zero-order valence-corrected chi connectivity index (χ0v) is 13.4. The number of nitrogens with zero attached hydrogens (tertiary/aromatic N) is 1. The molecule has 106 valence electrons. The predicted octanol–water partition coefficient (Wildman–Crippen LogP) is 3.40. The molecular formula is C13H17BrFNO2S. The van der Waals surface area contributed by atoms with Gasteiger partial charge in [-0.2, -0.15) is 4.31 Å². The SMILES string of the molecule is CC1(C)CCCN(S(=O)(=O)c2ccc(Br)c(F)c2)C1. The molecule has 1 aromatic rings. The maximum Gasteiger partial charge on any atom is 0.243 e. The molecule has 6 heteroatoms. The van der Waals surface area contributed by atoms with Crippen LogP contribution in [0.2, 0.25) is 0 Å². The van der Waals surface area contributed by atoms with E-state index in [1.54, 1.807) is 0 Å². The second-order valence-electron chi connectivity index (χ2n) is 5.68. The highest BCUT2D eigenvalue weighted by molar-refractivity contribution is 9.10. The first-order valence-corrected chi connectivity index (χ1v) is 8.41. The van der Waals surface area contributed by atoms with E-state index >= 15 is 0 Å². The van der Waals surface area contributed by atoms with E-state index in [0.717, 1.165) is 18.9 Å². The van der Waals surface area contributed by atoms with E-state index < -0.39 is 15.8 Å². The molecule has 0 amide bonds. The number of piperidine rings is 1. The Bertz CT molecular complexity index is 586. The van der Waals surface area contributed by atoms with Crippen molar-refractivity contribution < 1.29 is 12.8 Å². The van der Waals surface area contributed by atoms with Crippen LogP contribution in [0.15, 0.2) is 27.6 Å². The first-order valence-electron chi connectivity index (χ1n) is 6.18. The summed E-state index contributed by atoms with van der Waals surface area (Å²) in [4.78, 5) is 0.0194. The van der Waals surface area contributed by atoms with Crippen LogP contribution in [0.5, 0.6) is 0 Å². The van der Waals surface area contributed by atoms with Gasteiger partial charge in [-0.15, -0.1) is 0 Å². The summed E-state index contributed by atoms with van der Waals surface area (Å²) in [6, 6.07) is 3.93. The van der Waals surface area contributed by atoms with Crippen LogP contribution in [-0.2, 0) is 10.0 Å². The summed E-state index contributed by atoms with van der Waals surface area (Å²) in [5.74, 6) is -0.558. The Kier molecular flexibility index (Phi) is 4.05. The molecule has 0 N–H and O–H groups in total. The van der Waals surface area contributed by atoms with Crippen molar-refractivity contribution in [2.24, 2.45) is 5.41 Å². The van der Waals surface area contributed by atoms with Gasteiger partial charge in [-0.3, -0.25) is 0 Å². The molecule has 3 nitrogen and oxygen atoms in total. The fourth-order valence-electron chi connectivity index (χ4n) is 2.36. The van der Waals surface area contributed by atoms with Gasteiger partial charge in [0.15, 0.2) is 0 Å². The van der Waals surface area contributed by atoms with Crippen LogP contribution in [0.25, 0.3) is 0 Å². The Hall–Kier alpha value is -0.460. The van der Waals surface area contributed by atoms with Gasteiger partial charge in [-0.05, 0) is 52.4 Å². The molecule has 1 saturated heterocycles. The second-order valence-corrected chi connectivity index (χ2v) is 8.47. The topological polar surface area (TPSA) is 37.4 Å². The molecule has 0 radical (unpaired) electrons. The molecule has 0 unspecified atom stereocenters. The third kappa shape index (κ3) is 3.17. The lowest BCUT2D eigenvalue weighted by molar-refractivity contribution is 0.187. The van der Waals surface area contributed by atoms with Crippen molar-refractivity contribution in [3.05, 3.63) is 28.5 Å². The van der Waals surface area contributed by atoms with Gasteiger partial charge in [0.1, 0.15) is 5.82 Å². The summed E-state index contributed by atoms with van der Waals surface area (Å²) in [5.41, 5.74) is -0.0285. The van der Waals surface area contributed by atoms with E-state index in [-0.39, 0.29) is 14.8 Å². The number of benzene rings is 1. The van der Waals surface area contributed by atoms with Crippen molar-refractivity contribution in [1.29, 1.82) is 0 Å². The van der Waals surface area contributed by atoms with Crippen LogP contribution in [-0.4, -0.2) is 25.8 Å². The first kappa shape index (κ1) is 14.9. The number of hydrogen-bond donors (Lipinski definition) is 0. The van der Waals surface area contributed by atoms with E-state index in [0.29, 0.717) is 13.1 Å². The number of halogens is 2. The molecule has 1 fully saturated rings. The Morgan fingerprint density at radius 1 is 1.37 bits per heavy atom. The minimum Gasteiger partial charge on any atom is -0.207 e. The van der Waals surface area contributed by atoms with Crippen LogP contribution in [0.4, 0.5) is 4.39 Å². The molecule has 1 heterocycles. The highest BCUT2D eigenvalue weighted by Crippen LogP contribution is 2.32. The Morgan fingerprint density at radius 2 is 2.05 bits per heavy atom. The molecule has 19 heavy (non-hydrogen) atoms. The van der Waals surface area contributed by atoms with E-state index in [9.17, 15) is 12.8 Å². The lowest BCUT2D eigenvalue weighted by Gasteiger charge is -2.37. The molecule has 0 aliphatic carbocycles. The molecule has 0 saturated carbocycles. The fourth-order valence-corrected chi connectivity index (χ4v) is 4.29. The van der Waals surface area contributed by atoms with Crippen LogP contribution < -0.4 is 0 Å². The zero-order chi connectivity index (χ0) is 14.3. The third-order valence-electron chi connectivity index (χ3n) is 3.39. The fraction of sp³-hybridized carbons (Fsp3) is 0.538. The number of sulfonamides is 1. The Balaban J connectivity index is 2.34. The quantitative estimate of drug-likeness (QED) is 0.820. The summed E-state index contributed by atoms with van der Waals surface area (Å²) < 4.78 is 40.2. The first-order chi connectivity index (χ1) is 8.72. The maximum atomic E-state index is 13.5. The molecule has 0 spiro atoms. The molecule has 0 atom stereocenters. The summed E-state index contributed by atoms with van der Waals surface area (Å²) >= 11 is 3.03. The Labute approximate surface area is 122 Å². The van der Waals surface area contributed by atoms with Gasteiger partial charge >= 0.3 is 0 Å². The van der Waals surface area contributed by atoms with Gasteiger partial charge in [-0.25, -0.2) is 12.8 Å². The van der Waals surface area contributed by atoms with Gasteiger partial charge in [0.05, 0.1) is 9.37 Å². The van der Waals surface area contributed by atoms with E-state index in [1.807, 2.05) is 0 Å². The van der Waals surface area contributed by atoms with Crippen LogP contribution >= 0.6 is 15.9 Å². The molecule has 2 rings (SSSR count). The molecule has 0 aromatic heterocycles. The van der Waals surface area contributed by atoms with Gasteiger partial charge in [0, 0.05) is 13.1 Å². The summed E-state index contributed by atoms with van der Waals surface area (Å²) in [6.07, 6.45) is 1.85. The minimum atomic E-state index is -3.60. The normalized spacial score (nSPS) is 20.4. The van der Waals surface area contributed by atoms with Crippen molar-refractivity contribution in [1.82, 2.24) is 4.31 Å². The lowest BCUT2D eigenvalue weighted by Crippen LogP contribution is -2.43. The average Bonchev–Trinajstić information content (AvgIpc) is 2.31. The molecule has 1 aromatic carbocycles. The van der Waals surface area contributed by atoms with Gasteiger partial charge in [0.2, 0.25) is 10.0 Å². The van der Waals surface area contributed by atoms with E-state index in [4.69, 9.17) is 0 Å². The van der Waals surface area contributed by atoms with Gasteiger partial charge in [-0.1, -0.05) is 13.8 Å². The summed E-state index contributed by atoms with van der Waals surface area (Å²) in [7, 11) is -3.60. The monoisotopic (exact) mass is 349 g/mol. The second kappa shape index (κ2) is 5.14. The number of hydrogen-bond acceptors (Lipinski definition) is 2. The summed E-state index contributed by atoms with van der Waals surface area (Å²) in [5, 5.41) is 0. The maximum absolute atomic E-state index is 13.5. The standard InChI is InChI=1S/C13H17BrFNO2S/c1-13(2)6-3-7-16(9-13)19(17,18)10-4-5-11(14)12(15)8-10/h4-5,8H,3,6-7,9H2,1-2H3. The highest BCUT2D eigenvalue weighted by atomic mass is 79.9. The van der Waals surface area contributed by atoms with Gasteiger partial charge in [0.25, 0.3) is 0 Å². The van der Waals surface area contributed by atoms with E-state index in [2.05, 4.69) is 29.8 Å². The van der Waals surface area contributed by atoms with Crippen molar-refractivity contribution in [2.75, 3.05) is 13.1 Å². The minimum absolute atomic E-state index is 0.0194. The average molecular weight is 350 g/mol. The summed E-state index contributed by atoms with van der Waals surface area (Å²) in [6.45, 7) is 5.09. The van der Waals surface area contributed by atoms with E-state index in [1.165, 1.54) is 16.4 Å². The molecular weight excluding hydrogens is 333 g/mol. The van der Waals surface area contributed by atoms with Crippen molar-refractivity contribution in [2.45, 2.75) is 31.6 Å².